The highest BCUT2D eigenvalue weighted by atomic mass is 19.1. The Morgan fingerprint density at radius 1 is 1.21 bits per heavy atom. The van der Waals surface area contributed by atoms with Gasteiger partial charge >= 0.3 is 0 Å². The molecule has 0 aliphatic heterocycles. The number of benzene rings is 1. The van der Waals surface area contributed by atoms with Crippen molar-refractivity contribution in [1.82, 2.24) is 5.32 Å². The Kier molecular flexibility index (Phi) is 7.59. The summed E-state index contributed by atoms with van der Waals surface area (Å²) in [6, 6.07) is 6.39. The van der Waals surface area contributed by atoms with Crippen LogP contribution >= 0.6 is 0 Å². The van der Waals surface area contributed by atoms with Crippen LogP contribution in [0, 0.1) is 5.82 Å². The molecule has 5 heteroatoms. The lowest BCUT2D eigenvalue weighted by Gasteiger charge is -2.14. The highest BCUT2D eigenvalue weighted by Gasteiger charge is 2.07. The van der Waals surface area contributed by atoms with Crippen LogP contribution in [0.2, 0.25) is 0 Å². The summed E-state index contributed by atoms with van der Waals surface area (Å²) < 4.78 is 18.5. The summed E-state index contributed by atoms with van der Waals surface area (Å²) in [6.07, 6.45) is -0.394. The average Bonchev–Trinajstić information content (AvgIpc) is 2.40. The van der Waals surface area contributed by atoms with E-state index in [4.69, 9.17) is 4.74 Å². The molecule has 4 nitrogen and oxygen atoms in total. The molecule has 108 valence electrons. The molecule has 1 aromatic rings. The predicted molar refractivity (Wildman–Crippen MR) is 71.2 cm³/mol. The second-order valence-electron chi connectivity index (χ2n) is 4.48. The molecule has 0 fully saturated rings. The van der Waals surface area contributed by atoms with E-state index in [1.807, 2.05) is 6.92 Å². The maximum atomic E-state index is 13.3. The molecular formula is C14H22FNO3. The Hall–Kier alpha value is -1.01. The molecule has 0 aliphatic carbocycles. The summed E-state index contributed by atoms with van der Waals surface area (Å²) in [5, 5.41) is 21.9. The lowest BCUT2D eigenvalue weighted by molar-refractivity contribution is 0.0263. The van der Waals surface area contributed by atoms with Crippen LogP contribution < -0.4 is 5.32 Å². The molecule has 0 heterocycles. The molecule has 19 heavy (non-hydrogen) atoms. The van der Waals surface area contributed by atoms with Gasteiger partial charge in [0, 0.05) is 18.7 Å². The molecule has 2 atom stereocenters. The van der Waals surface area contributed by atoms with Gasteiger partial charge in [-0.05, 0) is 12.5 Å². The molecule has 0 amide bonds. The minimum atomic E-state index is -0.671. The SMILES string of the molecule is CCC(O)CNCC(O)COCc1ccccc1F. The van der Waals surface area contributed by atoms with Gasteiger partial charge in [0.25, 0.3) is 0 Å². The Bertz CT molecular complexity index is 362. The van der Waals surface area contributed by atoms with Gasteiger partial charge in [0.05, 0.1) is 25.4 Å². The number of aliphatic hydroxyl groups is 2. The van der Waals surface area contributed by atoms with Gasteiger partial charge in [0.1, 0.15) is 5.82 Å². The first-order valence-corrected chi connectivity index (χ1v) is 6.51. The molecule has 0 bridgehead atoms. The minimum absolute atomic E-state index is 0.129. The van der Waals surface area contributed by atoms with Gasteiger partial charge < -0.3 is 20.3 Å². The zero-order chi connectivity index (χ0) is 14.1. The van der Waals surface area contributed by atoms with Gasteiger partial charge in [-0.1, -0.05) is 25.1 Å². The van der Waals surface area contributed by atoms with Crippen molar-refractivity contribution in [3.05, 3.63) is 35.6 Å². The number of ether oxygens (including phenoxy) is 1. The van der Waals surface area contributed by atoms with E-state index in [2.05, 4.69) is 5.32 Å². The maximum Gasteiger partial charge on any atom is 0.128 e. The van der Waals surface area contributed by atoms with E-state index >= 15 is 0 Å². The van der Waals surface area contributed by atoms with Crippen LogP contribution in [0.3, 0.4) is 0 Å². The largest absolute Gasteiger partial charge is 0.392 e. The van der Waals surface area contributed by atoms with Crippen LogP contribution in [0.4, 0.5) is 4.39 Å². The molecule has 0 spiro atoms. The predicted octanol–water partition coefficient (Wildman–Crippen LogP) is 1.06. The number of hydrogen-bond donors (Lipinski definition) is 3. The number of nitrogens with one attached hydrogen (secondary N) is 1. The summed E-state index contributed by atoms with van der Waals surface area (Å²) in [4.78, 5) is 0. The van der Waals surface area contributed by atoms with E-state index in [0.29, 0.717) is 25.1 Å². The first-order valence-electron chi connectivity index (χ1n) is 6.51. The number of hydrogen-bond acceptors (Lipinski definition) is 4. The zero-order valence-electron chi connectivity index (χ0n) is 11.2. The first-order chi connectivity index (χ1) is 9.13. The average molecular weight is 271 g/mol. The summed E-state index contributed by atoms with van der Waals surface area (Å²) >= 11 is 0. The van der Waals surface area contributed by atoms with Crippen LogP contribution in [0.5, 0.6) is 0 Å². The van der Waals surface area contributed by atoms with Crippen molar-refractivity contribution in [2.45, 2.75) is 32.2 Å². The first kappa shape index (κ1) is 16.0. The molecule has 2 unspecified atom stereocenters. The van der Waals surface area contributed by atoms with Crippen LogP contribution in [-0.2, 0) is 11.3 Å². The van der Waals surface area contributed by atoms with Crippen molar-refractivity contribution in [2.24, 2.45) is 0 Å². The van der Waals surface area contributed by atoms with Gasteiger partial charge in [0.15, 0.2) is 0 Å². The van der Waals surface area contributed by atoms with Gasteiger partial charge in [-0.2, -0.15) is 0 Å². The van der Waals surface area contributed by atoms with Gasteiger partial charge in [-0.15, -0.1) is 0 Å². The maximum absolute atomic E-state index is 13.3. The van der Waals surface area contributed by atoms with Gasteiger partial charge in [0.2, 0.25) is 0 Å². The van der Waals surface area contributed by atoms with E-state index in [9.17, 15) is 14.6 Å². The molecule has 1 aromatic carbocycles. The fourth-order valence-electron chi connectivity index (χ4n) is 1.54. The van der Waals surface area contributed by atoms with Crippen molar-refractivity contribution >= 4 is 0 Å². The van der Waals surface area contributed by atoms with Crippen LogP contribution in [0.25, 0.3) is 0 Å². The fraction of sp³-hybridized carbons (Fsp3) is 0.571. The molecular weight excluding hydrogens is 249 g/mol. The van der Waals surface area contributed by atoms with E-state index in [0.717, 1.165) is 0 Å². The number of rotatable bonds is 9. The Labute approximate surface area is 113 Å². The van der Waals surface area contributed by atoms with Crippen LogP contribution in [0.15, 0.2) is 24.3 Å². The third-order valence-electron chi connectivity index (χ3n) is 2.76. The minimum Gasteiger partial charge on any atom is -0.392 e. The van der Waals surface area contributed by atoms with Crippen molar-refractivity contribution in [3.8, 4) is 0 Å². The lowest BCUT2D eigenvalue weighted by atomic mass is 10.2. The second kappa shape index (κ2) is 8.98. The topological polar surface area (TPSA) is 61.7 Å². The number of aliphatic hydroxyl groups excluding tert-OH is 2. The van der Waals surface area contributed by atoms with E-state index in [1.54, 1.807) is 18.2 Å². The highest BCUT2D eigenvalue weighted by molar-refractivity contribution is 5.16. The monoisotopic (exact) mass is 271 g/mol. The third-order valence-corrected chi connectivity index (χ3v) is 2.76. The van der Waals surface area contributed by atoms with Gasteiger partial charge in [-0.3, -0.25) is 0 Å². The summed E-state index contributed by atoms with van der Waals surface area (Å²) in [5.74, 6) is -0.304. The smallest absolute Gasteiger partial charge is 0.128 e. The Balaban J connectivity index is 2.13. The molecule has 1 rings (SSSR count). The van der Waals surface area contributed by atoms with E-state index < -0.39 is 12.2 Å². The van der Waals surface area contributed by atoms with Crippen molar-refractivity contribution < 1.29 is 19.3 Å². The van der Waals surface area contributed by atoms with E-state index in [-0.39, 0.29) is 19.0 Å². The molecule has 3 N–H and O–H groups in total. The second-order valence-corrected chi connectivity index (χ2v) is 4.48. The molecule has 0 aromatic heterocycles. The van der Waals surface area contributed by atoms with E-state index in [1.165, 1.54) is 6.07 Å². The van der Waals surface area contributed by atoms with Crippen molar-refractivity contribution in [2.75, 3.05) is 19.7 Å². The lowest BCUT2D eigenvalue weighted by Crippen LogP contribution is -2.35. The summed E-state index contributed by atoms with van der Waals surface area (Å²) in [5.41, 5.74) is 0.476. The van der Waals surface area contributed by atoms with Crippen LogP contribution in [0.1, 0.15) is 18.9 Å². The highest BCUT2D eigenvalue weighted by Crippen LogP contribution is 2.07. The standard InChI is InChI=1S/C14H22FNO3/c1-2-12(17)7-16-8-13(18)10-19-9-11-5-3-4-6-14(11)15/h3-6,12-13,16-18H,2,7-10H2,1H3. The summed E-state index contributed by atoms with van der Waals surface area (Å²) in [7, 11) is 0. The normalized spacial score (nSPS) is 14.3. The third kappa shape index (κ3) is 6.63. The van der Waals surface area contributed by atoms with Crippen molar-refractivity contribution in [1.29, 1.82) is 0 Å². The molecule has 0 radical (unpaired) electrons. The van der Waals surface area contributed by atoms with Crippen molar-refractivity contribution in [3.63, 3.8) is 0 Å². The summed E-state index contributed by atoms with van der Waals surface area (Å²) in [6.45, 7) is 2.94. The van der Waals surface area contributed by atoms with Gasteiger partial charge in [-0.25, -0.2) is 4.39 Å². The molecule has 0 saturated heterocycles. The molecule has 0 aliphatic rings. The quantitative estimate of drug-likeness (QED) is 0.628. The Morgan fingerprint density at radius 2 is 1.89 bits per heavy atom. The molecule has 0 saturated carbocycles. The Morgan fingerprint density at radius 3 is 2.58 bits per heavy atom. The van der Waals surface area contributed by atoms with Crippen LogP contribution in [-0.4, -0.2) is 42.1 Å². The zero-order valence-corrected chi connectivity index (χ0v) is 11.2. The number of halogens is 1. The fourth-order valence-corrected chi connectivity index (χ4v) is 1.54.